The van der Waals surface area contributed by atoms with Gasteiger partial charge in [0.15, 0.2) is 5.82 Å². The summed E-state index contributed by atoms with van der Waals surface area (Å²) in [4.78, 5) is 41.4. The number of fused-ring (bicyclic) bond motifs is 1. The predicted molar refractivity (Wildman–Crippen MR) is 133 cm³/mol. The Morgan fingerprint density at radius 2 is 1.91 bits per heavy atom. The normalized spacial score (nSPS) is 16.4. The molecule has 1 fully saturated rings. The minimum Gasteiger partial charge on any atom is -0.302 e. The van der Waals surface area contributed by atoms with Gasteiger partial charge in [-0.2, -0.15) is 0 Å². The average Bonchev–Trinajstić information content (AvgIpc) is 2.87. The van der Waals surface area contributed by atoms with Crippen LogP contribution in [-0.4, -0.2) is 36.9 Å². The molecule has 1 aliphatic heterocycles. The lowest BCUT2D eigenvalue weighted by molar-refractivity contribution is 0.102. The van der Waals surface area contributed by atoms with Gasteiger partial charge in [-0.3, -0.25) is 29.0 Å². The van der Waals surface area contributed by atoms with E-state index in [1.165, 1.54) is 6.20 Å². The molecule has 0 aliphatic carbocycles. The largest absolute Gasteiger partial charge is 0.302 e. The molecule has 5 rings (SSSR count). The average molecular weight is 519 g/mol. The van der Waals surface area contributed by atoms with Crippen molar-refractivity contribution in [3.63, 3.8) is 0 Å². The number of hydrogen-bond donors (Lipinski definition) is 1. The summed E-state index contributed by atoms with van der Waals surface area (Å²) in [6, 6.07) is 13.1. The molecule has 4 heterocycles. The van der Waals surface area contributed by atoms with Crippen LogP contribution < -0.4 is 10.9 Å². The fourth-order valence-electron chi connectivity index (χ4n) is 4.41. The highest BCUT2D eigenvalue weighted by Crippen LogP contribution is 2.31. The molecule has 0 bridgehead atoms. The molecule has 1 saturated heterocycles. The first-order valence-electron chi connectivity index (χ1n) is 11.2. The highest BCUT2D eigenvalue weighted by Gasteiger charge is 2.26. The first-order chi connectivity index (χ1) is 16.6. The third-order valence-corrected chi connectivity index (χ3v) is 6.56. The lowest BCUT2D eigenvalue weighted by Crippen LogP contribution is -2.39. The molecule has 1 atom stereocenters. The van der Waals surface area contributed by atoms with Crippen molar-refractivity contribution in [2.24, 2.45) is 0 Å². The molecule has 9 heteroatoms. The van der Waals surface area contributed by atoms with Crippen molar-refractivity contribution in [3.8, 4) is 0 Å². The Morgan fingerprint density at radius 1 is 1.09 bits per heavy atom. The summed E-state index contributed by atoms with van der Waals surface area (Å²) >= 11 is 3.49. The highest BCUT2D eigenvalue weighted by molar-refractivity contribution is 9.10. The Bertz CT molecular complexity index is 1380. The fraction of sp³-hybridized carbons (Fsp3) is 0.240. The zero-order valence-corrected chi connectivity index (χ0v) is 20.0. The van der Waals surface area contributed by atoms with Gasteiger partial charge in [-0.05, 0) is 54.8 Å². The maximum Gasteiger partial charge on any atom is 0.295 e. The molecule has 0 saturated carbocycles. The van der Waals surface area contributed by atoms with Crippen molar-refractivity contribution in [1.29, 1.82) is 0 Å². The lowest BCUT2D eigenvalue weighted by atomic mass is 9.97. The zero-order valence-electron chi connectivity index (χ0n) is 18.4. The second-order valence-corrected chi connectivity index (χ2v) is 9.19. The Labute approximate surface area is 204 Å². The van der Waals surface area contributed by atoms with Crippen LogP contribution in [0.4, 0.5) is 5.82 Å². The number of hydrogen-bond acceptors (Lipinski definition) is 6. The maximum absolute atomic E-state index is 13.6. The molecule has 0 radical (unpaired) electrons. The molecule has 1 aromatic carbocycles. The van der Waals surface area contributed by atoms with Crippen LogP contribution in [0, 0.1) is 0 Å². The van der Waals surface area contributed by atoms with Gasteiger partial charge in [-0.15, -0.1) is 0 Å². The summed E-state index contributed by atoms with van der Waals surface area (Å²) in [6.07, 6.45) is 9.90. The number of nitrogens with zero attached hydrogens (tertiary/aromatic N) is 5. The lowest BCUT2D eigenvalue weighted by Gasteiger charge is -2.36. The number of anilines is 1. The predicted octanol–water partition coefficient (Wildman–Crippen LogP) is 4.39. The van der Waals surface area contributed by atoms with E-state index in [2.05, 4.69) is 47.2 Å². The summed E-state index contributed by atoms with van der Waals surface area (Å²) in [5.74, 6) is -0.431. The maximum atomic E-state index is 13.6. The van der Waals surface area contributed by atoms with Gasteiger partial charge in [0.2, 0.25) is 0 Å². The van der Waals surface area contributed by atoms with Crippen LogP contribution in [0.5, 0.6) is 0 Å². The number of amides is 1. The molecule has 3 aromatic heterocycles. The van der Waals surface area contributed by atoms with Crippen LogP contribution >= 0.6 is 15.9 Å². The van der Waals surface area contributed by atoms with E-state index in [0.29, 0.717) is 23.3 Å². The number of pyridine rings is 2. The third kappa shape index (κ3) is 4.62. The summed E-state index contributed by atoms with van der Waals surface area (Å²) < 4.78 is 2.54. The zero-order chi connectivity index (χ0) is 23.5. The van der Waals surface area contributed by atoms with E-state index >= 15 is 0 Å². The van der Waals surface area contributed by atoms with E-state index in [1.54, 1.807) is 29.1 Å². The molecule has 172 valence electrons. The number of aromatic nitrogens is 4. The van der Waals surface area contributed by atoms with E-state index in [9.17, 15) is 9.59 Å². The third-order valence-electron chi connectivity index (χ3n) is 6.07. The first kappa shape index (κ1) is 22.4. The molecular formula is C25H23BrN6O2. The van der Waals surface area contributed by atoms with E-state index in [-0.39, 0.29) is 17.4 Å². The monoisotopic (exact) mass is 518 g/mol. The number of rotatable bonds is 5. The summed E-state index contributed by atoms with van der Waals surface area (Å²) in [5, 5.41) is 2.69. The van der Waals surface area contributed by atoms with Gasteiger partial charge in [-0.25, -0.2) is 4.98 Å². The minimum absolute atomic E-state index is 0.00519. The molecule has 0 spiro atoms. The molecule has 4 aromatic rings. The Kier molecular flexibility index (Phi) is 6.46. The van der Waals surface area contributed by atoms with Gasteiger partial charge in [0.05, 0.1) is 23.3 Å². The number of carbonyl (C=O) groups is 1. The summed E-state index contributed by atoms with van der Waals surface area (Å²) in [7, 11) is 0. The van der Waals surface area contributed by atoms with E-state index in [4.69, 9.17) is 0 Å². The number of halogens is 1. The standard InChI is InChI=1S/C25H23BrN6O2/c26-19-8-9-22-20(13-19)29-23(30-24(33)18-6-4-11-28-15-18)25(34)32(22)16-31-12-2-1-7-21(31)17-5-3-10-27-14-17/h3-6,8-11,13-15,21H,1-2,7,12,16H2,(H,29,30,33). The summed E-state index contributed by atoms with van der Waals surface area (Å²) in [6.45, 7) is 1.25. The van der Waals surface area contributed by atoms with Gasteiger partial charge in [0.25, 0.3) is 11.5 Å². The first-order valence-corrected chi connectivity index (χ1v) is 11.9. The Balaban J connectivity index is 1.55. The van der Waals surface area contributed by atoms with E-state index < -0.39 is 5.91 Å². The van der Waals surface area contributed by atoms with E-state index in [0.717, 1.165) is 35.8 Å². The number of carbonyl (C=O) groups excluding carboxylic acids is 1. The fourth-order valence-corrected chi connectivity index (χ4v) is 4.76. The molecule has 1 N–H and O–H groups in total. The molecule has 34 heavy (non-hydrogen) atoms. The second kappa shape index (κ2) is 9.82. The molecule has 1 unspecified atom stereocenters. The molecule has 8 nitrogen and oxygen atoms in total. The Morgan fingerprint density at radius 3 is 2.68 bits per heavy atom. The van der Waals surface area contributed by atoms with E-state index in [1.807, 2.05) is 30.5 Å². The van der Waals surface area contributed by atoms with Crippen LogP contribution in [0.1, 0.15) is 41.2 Å². The quantitative estimate of drug-likeness (QED) is 0.421. The van der Waals surface area contributed by atoms with Crippen LogP contribution in [0.15, 0.2) is 76.5 Å². The van der Waals surface area contributed by atoms with Crippen molar-refractivity contribution in [3.05, 3.63) is 93.2 Å². The van der Waals surface area contributed by atoms with Gasteiger partial charge in [-0.1, -0.05) is 28.4 Å². The Hall–Kier alpha value is -3.43. The molecular weight excluding hydrogens is 496 g/mol. The van der Waals surface area contributed by atoms with Crippen molar-refractivity contribution in [2.45, 2.75) is 32.0 Å². The topological polar surface area (TPSA) is 93.0 Å². The number of likely N-dealkylation sites (tertiary alicyclic amines) is 1. The molecule has 1 amide bonds. The van der Waals surface area contributed by atoms with Crippen molar-refractivity contribution < 1.29 is 4.79 Å². The van der Waals surface area contributed by atoms with Crippen molar-refractivity contribution in [2.75, 3.05) is 11.9 Å². The summed E-state index contributed by atoms with van der Waals surface area (Å²) in [5.41, 5.74) is 2.48. The number of nitrogens with one attached hydrogen (secondary N) is 1. The van der Waals surface area contributed by atoms with Crippen LogP contribution in [-0.2, 0) is 6.67 Å². The van der Waals surface area contributed by atoms with Crippen molar-refractivity contribution in [1.82, 2.24) is 24.4 Å². The van der Waals surface area contributed by atoms with Crippen molar-refractivity contribution >= 4 is 38.7 Å². The van der Waals surface area contributed by atoms with Gasteiger partial charge >= 0.3 is 0 Å². The smallest absolute Gasteiger partial charge is 0.295 e. The van der Waals surface area contributed by atoms with Gasteiger partial charge in [0, 0.05) is 41.8 Å². The number of benzene rings is 1. The SMILES string of the molecule is O=C(Nc1nc2cc(Br)ccc2n(CN2CCCCC2c2cccnc2)c1=O)c1cccnc1. The van der Waals surface area contributed by atoms with Crippen LogP contribution in [0.3, 0.4) is 0 Å². The van der Waals surface area contributed by atoms with Gasteiger partial charge in [0.1, 0.15) is 0 Å². The van der Waals surface area contributed by atoms with Crippen LogP contribution in [0.25, 0.3) is 11.0 Å². The molecule has 1 aliphatic rings. The van der Waals surface area contributed by atoms with Crippen LogP contribution in [0.2, 0.25) is 0 Å². The highest BCUT2D eigenvalue weighted by atomic mass is 79.9. The van der Waals surface area contributed by atoms with Gasteiger partial charge < -0.3 is 5.32 Å². The minimum atomic E-state index is -0.426. The number of piperidine rings is 1. The second-order valence-electron chi connectivity index (χ2n) is 8.27.